The van der Waals surface area contributed by atoms with Gasteiger partial charge in [-0.15, -0.1) is 0 Å². The molecule has 0 heterocycles. The molecule has 0 amide bonds. The lowest BCUT2D eigenvalue weighted by Crippen LogP contribution is -2.16. The Morgan fingerprint density at radius 3 is 2.44 bits per heavy atom. The monoisotopic (exact) mass is 254 g/mol. The average molecular weight is 254 g/mol. The molecule has 0 aromatic heterocycles. The molecule has 0 bridgehead atoms. The van der Waals surface area contributed by atoms with Crippen molar-refractivity contribution in [1.29, 1.82) is 0 Å². The molecule has 2 atom stereocenters. The van der Waals surface area contributed by atoms with Crippen LogP contribution in [0.4, 0.5) is 0 Å². The molecule has 4 heteroatoms. The van der Waals surface area contributed by atoms with Crippen molar-refractivity contribution in [3.8, 4) is 11.5 Å². The summed E-state index contributed by atoms with van der Waals surface area (Å²) >= 11 is 0. The highest BCUT2D eigenvalue weighted by atomic mass is 16.5. The summed E-state index contributed by atoms with van der Waals surface area (Å²) in [5, 5.41) is 18.5. The van der Waals surface area contributed by atoms with Gasteiger partial charge in [-0.3, -0.25) is 0 Å². The zero-order chi connectivity index (χ0) is 13.5. The number of rotatable bonds is 7. The quantitative estimate of drug-likeness (QED) is 0.780. The summed E-state index contributed by atoms with van der Waals surface area (Å²) in [6, 6.07) is 5.64. The zero-order valence-electron chi connectivity index (χ0n) is 11.2. The van der Waals surface area contributed by atoms with Gasteiger partial charge in [0.05, 0.1) is 26.9 Å². The van der Waals surface area contributed by atoms with Gasteiger partial charge in [0.25, 0.3) is 0 Å². The number of hydrogen-bond acceptors (Lipinski definition) is 4. The molecule has 0 aliphatic carbocycles. The molecule has 1 rings (SSSR count). The van der Waals surface area contributed by atoms with E-state index in [0.717, 1.165) is 23.5 Å². The average Bonchev–Trinajstić information content (AvgIpc) is 2.43. The highest BCUT2D eigenvalue weighted by molar-refractivity contribution is 5.42. The van der Waals surface area contributed by atoms with Crippen molar-refractivity contribution in [2.45, 2.75) is 31.8 Å². The van der Waals surface area contributed by atoms with E-state index >= 15 is 0 Å². The van der Waals surface area contributed by atoms with Crippen LogP contribution < -0.4 is 9.47 Å². The number of hydrogen-bond donors (Lipinski definition) is 2. The van der Waals surface area contributed by atoms with E-state index in [1.807, 2.05) is 25.1 Å². The summed E-state index contributed by atoms with van der Waals surface area (Å²) in [5.74, 6) is 1.69. The van der Waals surface area contributed by atoms with Gasteiger partial charge in [0.1, 0.15) is 11.5 Å². The highest BCUT2D eigenvalue weighted by Gasteiger charge is 2.18. The Morgan fingerprint density at radius 1 is 1.22 bits per heavy atom. The van der Waals surface area contributed by atoms with Crippen LogP contribution in [-0.4, -0.2) is 37.1 Å². The van der Waals surface area contributed by atoms with Gasteiger partial charge in [-0.1, -0.05) is 6.92 Å². The van der Waals surface area contributed by atoms with Crippen molar-refractivity contribution >= 4 is 0 Å². The third-order valence-corrected chi connectivity index (χ3v) is 3.14. The molecule has 2 unspecified atom stereocenters. The van der Waals surface area contributed by atoms with Crippen LogP contribution in [0.15, 0.2) is 18.2 Å². The first-order valence-corrected chi connectivity index (χ1v) is 6.17. The molecular weight excluding hydrogens is 232 g/mol. The predicted molar refractivity (Wildman–Crippen MR) is 70.3 cm³/mol. The maximum atomic E-state index is 9.59. The van der Waals surface area contributed by atoms with E-state index in [-0.39, 0.29) is 12.5 Å². The van der Waals surface area contributed by atoms with Crippen LogP contribution in [0.25, 0.3) is 0 Å². The van der Waals surface area contributed by atoms with Crippen molar-refractivity contribution in [3.05, 3.63) is 23.8 Å². The van der Waals surface area contributed by atoms with Gasteiger partial charge in [0, 0.05) is 5.56 Å². The summed E-state index contributed by atoms with van der Waals surface area (Å²) in [7, 11) is 3.25. The van der Waals surface area contributed by atoms with E-state index in [4.69, 9.17) is 14.6 Å². The topological polar surface area (TPSA) is 58.9 Å². The Morgan fingerprint density at radius 2 is 1.94 bits per heavy atom. The van der Waals surface area contributed by atoms with Crippen molar-refractivity contribution < 1.29 is 19.7 Å². The SMILES string of the molecule is CCC(CC(O)CO)c1cc(OC)ccc1OC. The minimum Gasteiger partial charge on any atom is -0.497 e. The van der Waals surface area contributed by atoms with Crippen LogP contribution in [0.2, 0.25) is 0 Å². The Labute approximate surface area is 108 Å². The first-order valence-electron chi connectivity index (χ1n) is 6.17. The molecule has 0 aliphatic heterocycles. The summed E-state index contributed by atoms with van der Waals surface area (Å²) in [4.78, 5) is 0. The number of ether oxygens (including phenoxy) is 2. The lowest BCUT2D eigenvalue weighted by molar-refractivity contribution is 0.0815. The second-order valence-corrected chi connectivity index (χ2v) is 4.29. The molecule has 0 fully saturated rings. The standard InChI is InChI=1S/C14H22O4/c1-4-10(7-11(16)9-15)13-8-12(17-2)5-6-14(13)18-3/h5-6,8,10-11,15-16H,4,7,9H2,1-3H3. The number of methoxy groups -OCH3 is 2. The van der Waals surface area contributed by atoms with Gasteiger partial charge < -0.3 is 19.7 Å². The number of aliphatic hydroxyl groups excluding tert-OH is 2. The normalized spacial score (nSPS) is 14.1. The van der Waals surface area contributed by atoms with Crippen LogP contribution in [-0.2, 0) is 0 Å². The largest absolute Gasteiger partial charge is 0.497 e. The third kappa shape index (κ3) is 3.62. The van der Waals surface area contributed by atoms with E-state index < -0.39 is 6.10 Å². The zero-order valence-corrected chi connectivity index (χ0v) is 11.2. The molecule has 4 nitrogen and oxygen atoms in total. The van der Waals surface area contributed by atoms with Crippen LogP contribution >= 0.6 is 0 Å². The van der Waals surface area contributed by atoms with Crippen molar-refractivity contribution in [2.75, 3.05) is 20.8 Å². The van der Waals surface area contributed by atoms with Crippen molar-refractivity contribution in [1.82, 2.24) is 0 Å². The lowest BCUT2D eigenvalue weighted by Gasteiger charge is -2.21. The van der Waals surface area contributed by atoms with Gasteiger partial charge in [-0.05, 0) is 37.0 Å². The smallest absolute Gasteiger partial charge is 0.122 e. The maximum Gasteiger partial charge on any atom is 0.122 e. The minimum atomic E-state index is -0.703. The van der Waals surface area contributed by atoms with Gasteiger partial charge in [-0.25, -0.2) is 0 Å². The van der Waals surface area contributed by atoms with Crippen molar-refractivity contribution in [3.63, 3.8) is 0 Å². The molecule has 2 N–H and O–H groups in total. The Balaban J connectivity index is 3.01. The van der Waals surface area contributed by atoms with E-state index in [0.29, 0.717) is 6.42 Å². The van der Waals surface area contributed by atoms with E-state index in [9.17, 15) is 5.11 Å². The fraction of sp³-hybridized carbons (Fsp3) is 0.571. The molecule has 1 aromatic carbocycles. The second kappa shape index (κ2) is 7.24. The first-order chi connectivity index (χ1) is 8.65. The minimum absolute atomic E-state index is 0.136. The van der Waals surface area contributed by atoms with Gasteiger partial charge in [0.2, 0.25) is 0 Å². The van der Waals surface area contributed by atoms with Gasteiger partial charge in [-0.2, -0.15) is 0 Å². The third-order valence-electron chi connectivity index (χ3n) is 3.14. The Hall–Kier alpha value is -1.26. The summed E-state index contributed by atoms with van der Waals surface area (Å²) in [6.45, 7) is 1.83. The molecule has 0 radical (unpaired) electrons. The van der Waals surface area contributed by atoms with Crippen LogP contribution in [0.1, 0.15) is 31.2 Å². The number of aliphatic hydroxyl groups is 2. The Bertz CT molecular complexity index is 365. The van der Waals surface area contributed by atoms with E-state index in [2.05, 4.69) is 0 Å². The summed E-state index contributed by atoms with van der Waals surface area (Å²) < 4.78 is 10.6. The molecule has 0 spiro atoms. The molecule has 0 aliphatic rings. The van der Waals surface area contributed by atoms with Gasteiger partial charge >= 0.3 is 0 Å². The van der Waals surface area contributed by atoms with Crippen LogP contribution in [0, 0.1) is 0 Å². The fourth-order valence-corrected chi connectivity index (χ4v) is 2.07. The summed E-state index contributed by atoms with van der Waals surface area (Å²) in [5.41, 5.74) is 1.01. The van der Waals surface area contributed by atoms with Crippen LogP contribution in [0.5, 0.6) is 11.5 Å². The summed E-state index contributed by atoms with van der Waals surface area (Å²) in [6.07, 6.45) is 0.669. The van der Waals surface area contributed by atoms with Gasteiger partial charge in [0.15, 0.2) is 0 Å². The van der Waals surface area contributed by atoms with Crippen LogP contribution in [0.3, 0.4) is 0 Å². The Kier molecular flexibility index (Phi) is 5.95. The number of benzene rings is 1. The molecule has 0 saturated carbocycles. The molecule has 18 heavy (non-hydrogen) atoms. The second-order valence-electron chi connectivity index (χ2n) is 4.29. The molecular formula is C14H22O4. The fourth-order valence-electron chi connectivity index (χ4n) is 2.07. The van der Waals surface area contributed by atoms with Crippen molar-refractivity contribution in [2.24, 2.45) is 0 Å². The maximum absolute atomic E-state index is 9.59. The molecule has 102 valence electrons. The molecule has 0 saturated heterocycles. The lowest BCUT2D eigenvalue weighted by atomic mass is 9.90. The first kappa shape index (κ1) is 14.8. The molecule has 1 aromatic rings. The van der Waals surface area contributed by atoms with E-state index in [1.54, 1.807) is 14.2 Å². The van der Waals surface area contributed by atoms with E-state index in [1.165, 1.54) is 0 Å². The predicted octanol–water partition coefficient (Wildman–Crippen LogP) is 1.94. The highest BCUT2D eigenvalue weighted by Crippen LogP contribution is 2.34.